The maximum atomic E-state index is 12.0. The van der Waals surface area contributed by atoms with Crippen molar-refractivity contribution in [3.8, 4) is 0 Å². The third kappa shape index (κ3) is 2.30. The number of aromatic nitrogens is 1. The van der Waals surface area contributed by atoms with E-state index in [9.17, 15) is 4.79 Å². The molecule has 0 aliphatic heterocycles. The van der Waals surface area contributed by atoms with Crippen LogP contribution in [-0.2, 0) is 0 Å². The van der Waals surface area contributed by atoms with Crippen molar-refractivity contribution in [2.45, 2.75) is 0 Å². The van der Waals surface area contributed by atoms with Gasteiger partial charge in [-0.2, -0.15) is 0 Å². The van der Waals surface area contributed by atoms with Crippen molar-refractivity contribution in [3.05, 3.63) is 59.6 Å². The molecule has 0 unspecified atom stereocenters. The van der Waals surface area contributed by atoms with Gasteiger partial charge in [-0.05, 0) is 24.3 Å². The number of hydrogen-bond acceptors (Lipinski definition) is 3. The fraction of sp³-hybridized carbons (Fsp3) is 0. The highest BCUT2D eigenvalue weighted by atomic mass is 35.5. The minimum absolute atomic E-state index is 0.261. The van der Waals surface area contributed by atoms with Crippen LogP contribution in [0.1, 0.15) is 10.4 Å². The number of amides is 1. The molecule has 1 amide bonds. The Bertz CT molecular complexity index is 738. The Labute approximate surface area is 114 Å². The molecule has 3 rings (SSSR count). The monoisotopic (exact) mass is 272 g/mol. The molecule has 0 aliphatic carbocycles. The van der Waals surface area contributed by atoms with Gasteiger partial charge in [0.2, 0.25) is 0 Å². The molecule has 0 fully saturated rings. The number of halogens is 1. The maximum Gasteiger partial charge on any atom is 0.258 e. The van der Waals surface area contributed by atoms with Gasteiger partial charge in [0, 0.05) is 16.6 Å². The largest absolute Gasteiger partial charge is 0.472 e. The quantitative estimate of drug-likeness (QED) is 0.773. The summed E-state index contributed by atoms with van der Waals surface area (Å²) in [6.07, 6.45) is 4.50. The number of anilines is 1. The molecule has 2 aromatic heterocycles. The van der Waals surface area contributed by atoms with Gasteiger partial charge in [0.05, 0.1) is 23.0 Å². The molecule has 2 heterocycles. The molecular formula is C14H9ClN2O2. The lowest BCUT2D eigenvalue weighted by molar-refractivity contribution is 0.102. The summed E-state index contributed by atoms with van der Waals surface area (Å²) in [5.74, 6) is -0.261. The Morgan fingerprint density at radius 3 is 3.00 bits per heavy atom. The van der Waals surface area contributed by atoms with Crippen LogP contribution in [0.25, 0.3) is 10.9 Å². The highest BCUT2D eigenvalue weighted by molar-refractivity contribution is 6.32. The van der Waals surface area contributed by atoms with E-state index >= 15 is 0 Å². The Kier molecular flexibility index (Phi) is 2.93. The van der Waals surface area contributed by atoms with Gasteiger partial charge in [-0.15, -0.1) is 0 Å². The average Bonchev–Trinajstić information content (AvgIpc) is 2.92. The van der Waals surface area contributed by atoms with E-state index in [-0.39, 0.29) is 5.91 Å². The summed E-state index contributed by atoms with van der Waals surface area (Å²) < 4.78 is 4.88. The van der Waals surface area contributed by atoms with Crippen molar-refractivity contribution in [3.63, 3.8) is 0 Å². The van der Waals surface area contributed by atoms with Gasteiger partial charge in [0.15, 0.2) is 0 Å². The zero-order valence-corrected chi connectivity index (χ0v) is 10.5. The van der Waals surface area contributed by atoms with E-state index in [1.807, 2.05) is 12.1 Å². The summed E-state index contributed by atoms with van der Waals surface area (Å²) in [6.45, 7) is 0. The zero-order chi connectivity index (χ0) is 13.2. The molecule has 0 aliphatic rings. The Balaban J connectivity index is 2.03. The predicted molar refractivity (Wildman–Crippen MR) is 73.4 cm³/mol. The molecule has 1 aromatic carbocycles. The van der Waals surface area contributed by atoms with Crippen molar-refractivity contribution < 1.29 is 9.21 Å². The van der Waals surface area contributed by atoms with E-state index in [1.54, 1.807) is 24.4 Å². The third-order valence-electron chi connectivity index (χ3n) is 2.70. The SMILES string of the molecule is O=C(Nc1cc(Cl)cc2cccnc12)c1ccoc1. The number of rotatable bonds is 2. The lowest BCUT2D eigenvalue weighted by Crippen LogP contribution is -2.11. The molecule has 0 atom stereocenters. The summed E-state index contributed by atoms with van der Waals surface area (Å²) >= 11 is 6.03. The first-order valence-corrected chi connectivity index (χ1v) is 6.00. The van der Waals surface area contributed by atoms with Crippen LogP contribution >= 0.6 is 11.6 Å². The summed E-state index contributed by atoms with van der Waals surface area (Å²) in [5.41, 5.74) is 1.72. The second-order valence-electron chi connectivity index (χ2n) is 3.99. The minimum atomic E-state index is -0.261. The Hall–Kier alpha value is -2.33. The minimum Gasteiger partial charge on any atom is -0.472 e. The van der Waals surface area contributed by atoms with Gasteiger partial charge in [0.1, 0.15) is 6.26 Å². The number of benzene rings is 1. The lowest BCUT2D eigenvalue weighted by Gasteiger charge is -2.07. The summed E-state index contributed by atoms with van der Waals surface area (Å²) in [5, 5.41) is 4.20. The predicted octanol–water partition coefficient (Wildman–Crippen LogP) is 3.73. The van der Waals surface area contributed by atoms with Crippen LogP contribution in [0.15, 0.2) is 53.5 Å². The van der Waals surface area contributed by atoms with Crippen molar-refractivity contribution in [2.24, 2.45) is 0 Å². The molecule has 4 nitrogen and oxygen atoms in total. The van der Waals surface area contributed by atoms with Gasteiger partial charge in [-0.25, -0.2) is 0 Å². The third-order valence-corrected chi connectivity index (χ3v) is 2.92. The molecule has 0 radical (unpaired) electrons. The van der Waals surface area contributed by atoms with Crippen molar-refractivity contribution in [2.75, 3.05) is 5.32 Å². The van der Waals surface area contributed by atoms with Gasteiger partial charge >= 0.3 is 0 Å². The van der Waals surface area contributed by atoms with E-state index in [2.05, 4.69) is 10.3 Å². The number of pyridine rings is 1. The first kappa shape index (κ1) is 11.7. The van der Waals surface area contributed by atoms with Gasteiger partial charge < -0.3 is 9.73 Å². The molecule has 0 spiro atoms. The highest BCUT2D eigenvalue weighted by Gasteiger charge is 2.11. The van der Waals surface area contributed by atoms with Crippen molar-refractivity contribution in [1.82, 2.24) is 4.98 Å². The fourth-order valence-electron chi connectivity index (χ4n) is 1.84. The number of furan rings is 1. The van der Waals surface area contributed by atoms with Crippen molar-refractivity contribution >= 4 is 34.1 Å². The summed E-state index contributed by atoms with van der Waals surface area (Å²) in [4.78, 5) is 16.2. The van der Waals surface area contributed by atoms with Crippen LogP contribution in [0.3, 0.4) is 0 Å². The van der Waals surface area contributed by atoms with E-state index < -0.39 is 0 Å². The topological polar surface area (TPSA) is 55.1 Å². The maximum absolute atomic E-state index is 12.0. The highest BCUT2D eigenvalue weighted by Crippen LogP contribution is 2.26. The van der Waals surface area contributed by atoms with E-state index in [0.717, 1.165) is 5.39 Å². The van der Waals surface area contributed by atoms with Gasteiger partial charge in [0.25, 0.3) is 5.91 Å². The molecular weight excluding hydrogens is 264 g/mol. The van der Waals surface area contributed by atoms with Gasteiger partial charge in [-0.1, -0.05) is 17.7 Å². The standard InChI is InChI=1S/C14H9ClN2O2/c15-11-6-9-2-1-4-16-13(9)12(7-11)17-14(18)10-3-5-19-8-10/h1-8H,(H,17,18). The van der Waals surface area contributed by atoms with Crippen LogP contribution in [0.5, 0.6) is 0 Å². The number of nitrogens with zero attached hydrogens (tertiary/aromatic N) is 1. The van der Waals surface area contributed by atoms with Crippen LogP contribution < -0.4 is 5.32 Å². The average molecular weight is 273 g/mol. The molecule has 5 heteroatoms. The molecule has 0 bridgehead atoms. The number of fused-ring (bicyclic) bond motifs is 1. The van der Waals surface area contributed by atoms with E-state index in [4.69, 9.17) is 16.0 Å². The molecule has 94 valence electrons. The Morgan fingerprint density at radius 1 is 1.32 bits per heavy atom. The number of nitrogens with one attached hydrogen (secondary N) is 1. The first-order chi connectivity index (χ1) is 9.24. The van der Waals surface area contributed by atoms with Crippen LogP contribution in [0.4, 0.5) is 5.69 Å². The van der Waals surface area contributed by atoms with Crippen LogP contribution in [-0.4, -0.2) is 10.9 Å². The fourth-order valence-corrected chi connectivity index (χ4v) is 2.07. The number of carbonyl (C=O) groups is 1. The van der Waals surface area contributed by atoms with E-state index in [0.29, 0.717) is 21.8 Å². The molecule has 19 heavy (non-hydrogen) atoms. The Morgan fingerprint density at radius 2 is 2.21 bits per heavy atom. The molecule has 1 N–H and O–H groups in total. The lowest BCUT2D eigenvalue weighted by atomic mass is 10.2. The number of hydrogen-bond donors (Lipinski definition) is 1. The molecule has 0 saturated carbocycles. The van der Waals surface area contributed by atoms with Crippen LogP contribution in [0, 0.1) is 0 Å². The molecule has 0 saturated heterocycles. The summed E-state index contributed by atoms with van der Waals surface area (Å²) in [6, 6.07) is 8.78. The zero-order valence-electron chi connectivity index (χ0n) is 9.76. The number of carbonyl (C=O) groups excluding carboxylic acids is 1. The second-order valence-corrected chi connectivity index (χ2v) is 4.43. The second kappa shape index (κ2) is 4.74. The smallest absolute Gasteiger partial charge is 0.258 e. The van der Waals surface area contributed by atoms with Crippen LogP contribution in [0.2, 0.25) is 5.02 Å². The van der Waals surface area contributed by atoms with Gasteiger partial charge in [-0.3, -0.25) is 9.78 Å². The normalized spacial score (nSPS) is 10.6. The van der Waals surface area contributed by atoms with E-state index in [1.165, 1.54) is 12.5 Å². The molecule has 3 aromatic rings. The van der Waals surface area contributed by atoms with Crippen molar-refractivity contribution in [1.29, 1.82) is 0 Å². The summed E-state index contributed by atoms with van der Waals surface area (Å²) in [7, 11) is 0. The first-order valence-electron chi connectivity index (χ1n) is 5.62.